The van der Waals surface area contributed by atoms with Gasteiger partial charge in [0, 0.05) is 43.3 Å². The Hall–Kier alpha value is -0.730. The third-order valence-corrected chi connectivity index (χ3v) is 4.49. The van der Waals surface area contributed by atoms with Crippen molar-refractivity contribution in [2.24, 2.45) is 5.92 Å². The van der Waals surface area contributed by atoms with Gasteiger partial charge in [-0.05, 0) is 43.1 Å². The third-order valence-electron chi connectivity index (χ3n) is 4.26. The molecule has 0 amide bonds. The van der Waals surface area contributed by atoms with Gasteiger partial charge in [0.2, 0.25) is 0 Å². The predicted molar refractivity (Wildman–Crippen MR) is 73.1 cm³/mol. The SMILES string of the molecule is CN1C[C@H]2CCN(C)c3ccc(Cl)cc3[C@@H]2C1. The molecule has 0 unspecified atom stereocenters. The number of nitrogens with zero attached hydrogens (tertiary/aromatic N) is 2. The molecular weight excluding hydrogens is 232 g/mol. The number of likely N-dealkylation sites (N-methyl/N-ethyl adjacent to an activating group) is 1. The van der Waals surface area contributed by atoms with Crippen LogP contribution >= 0.6 is 11.6 Å². The average Bonchev–Trinajstić information content (AvgIpc) is 2.62. The molecule has 1 fully saturated rings. The molecule has 0 N–H and O–H groups in total. The van der Waals surface area contributed by atoms with Crippen molar-refractivity contribution in [3.8, 4) is 0 Å². The second kappa shape index (κ2) is 4.18. The number of halogens is 1. The number of anilines is 1. The molecule has 0 spiro atoms. The number of hydrogen-bond acceptors (Lipinski definition) is 2. The van der Waals surface area contributed by atoms with Crippen LogP contribution in [0, 0.1) is 5.92 Å². The smallest absolute Gasteiger partial charge is 0.0410 e. The van der Waals surface area contributed by atoms with E-state index in [-0.39, 0.29) is 0 Å². The highest BCUT2D eigenvalue weighted by Crippen LogP contribution is 2.42. The van der Waals surface area contributed by atoms with Crippen molar-refractivity contribution < 1.29 is 0 Å². The fourth-order valence-electron chi connectivity index (χ4n) is 3.38. The van der Waals surface area contributed by atoms with E-state index in [4.69, 9.17) is 11.6 Å². The van der Waals surface area contributed by atoms with Crippen LogP contribution in [0.4, 0.5) is 5.69 Å². The predicted octanol–water partition coefficient (Wildman–Crippen LogP) is 2.83. The van der Waals surface area contributed by atoms with E-state index in [2.05, 4.69) is 36.0 Å². The van der Waals surface area contributed by atoms with Gasteiger partial charge in [-0.2, -0.15) is 0 Å². The summed E-state index contributed by atoms with van der Waals surface area (Å²) in [5.74, 6) is 1.46. The van der Waals surface area contributed by atoms with Crippen molar-refractivity contribution in [3.63, 3.8) is 0 Å². The Morgan fingerprint density at radius 1 is 1.24 bits per heavy atom. The Balaban J connectivity index is 2.07. The summed E-state index contributed by atoms with van der Waals surface area (Å²) < 4.78 is 0. The van der Waals surface area contributed by atoms with E-state index >= 15 is 0 Å². The first-order valence-electron chi connectivity index (χ1n) is 6.34. The molecule has 2 heterocycles. The molecule has 3 rings (SSSR count). The Morgan fingerprint density at radius 3 is 2.88 bits per heavy atom. The lowest BCUT2D eigenvalue weighted by Crippen LogP contribution is -2.21. The van der Waals surface area contributed by atoms with Crippen LogP contribution < -0.4 is 4.90 Å². The molecule has 17 heavy (non-hydrogen) atoms. The van der Waals surface area contributed by atoms with Gasteiger partial charge in [-0.3, -0.25) is 0 Å². The largest absolute Gasteiger partial charge is 0.374 e. The molecule has 0 saturated carbocycles. The van der Waals surface area contributed by atoms with Crippen LogP contribution in [-0.4, -0.2) is 38.6 Å². The van der Waals surface area contributed by atoms with Crippen LogP contribution in [0.25, 0.3) is 0 Å². The molecule has 2 aliphatic rings. The maximum Gasteiger partial charge on any atom is 0.0410 e. The van der Waals surface area contributed by atoms with Crippen molar-refractivity contribution in [1.82, 2.24) is 4.90 Å². The Bertz CT molecular complexity index is 432. The molecule has 1 saturated heterocycles. The lowest BCUT2D eigenvalue weighted by Gasteiger charge is -2.21. The summed E-state index contributed by atoms with van der Waals surface area (Å²) in [5.41, 5.74) is 2.82. The number of rotatable bonds is 0. The van der Waals surface area contributed by atoms with E-state index in [0.717, 1.165) is 17.5 Å². The first-order valence-corrected chi connectivity index (χ1v) is 6.72. The minimum absolute atomic E-state index is 0.665. The highest BCUT2D eigenvalue weighted by molar-refractivity contribution is 6.30. The zero-order valence-electron chi connectivity index (χ0n) is 10.5. The molecule has 3 heteroatoms. The van der Waals surface area contributed by atoms with Crippen LogP contribution in [0.2, 0.25) is 5.02 Å². The first kappa shape index (κ1) is 11.4. The van der Waals surface area contributed by atoms with Crippen LogP contribution in [0.3, 0.4) is 0 Å². The van der Waals surface area contributed by atoms with Crippen molar-refractivity contribution >= 4 is 17.3 Å². The lowest BCUT2D eigenvalue weighted by atomic mass is 9.87. The van der Waals surface area contributed by atoms with Crippen molar-refractivity contribution in [2.75, 3.05) is 38.6 Å². The van der Waals surface area contributed by atoms with Gasteiger partial charge < -0.3 is 9.80 Å². The van der Waals surface area contributed by atoms with Crippen molar-refractivity contribution in [2.45, 2.75) is 12.3 Å². The van der Waals surface area contributed by atoms with E-state index < -0.39 is 0 Å². The van der Waals surface area contributed by atoms with Gasteiger partial charge in [0.25, 0.3) is 0 Å². The van der Waals surface area contributed by atoms with Crippen LogP contribution in [-0.2, 0) is 0 Å². The van der Waals surface area contributed by atoms with Gasteiger partial charge >= 0.3 is 0 Å². The Kier molecular flexibility index (Phi) is 2.80. The van der Waals surface area contributed by atoms with Gasteiger partial charge in [-0.1, -0.05) is 11.6 Å². The monoisotopic (exact) mass is 250 g/mol. The molecule has 2 nitrogen and oxygen atoms in total. The zero-order valence-corrected chi connectivity index (χ0v) is 11.2. The van der Waals surface area contributed by atoms with E-state index in [1.807, 2.05) is 6.07 Å². The number of hydrogen-bond donors (Lipinski definition) is 0. The topological polar surface area (TPSA) is 6.48 Å². The summed E-state index contributed by atoms with van der Waals surface area (Å²) in [7, 11) is 4.42. The number of likely N-dealkylation sites (tertiary alicyclic amines) is 1. The summed E-state index contributed by atoms with van der Waals surface area (Å²) >= 11 is 6.17. The standard InChI is InChI=1S/C14H19ClN2/c1-16-8-10-5-6-17(2)14-4-3-11(15)7-12(14)13(10)9-16/h3-4,7,10,13H,5-6,8-9H2,1-2H3/t10-,13-/m1/s1. The molecular formula is C14H19ClN2. The second-order valence-corrected chi connectivity index (χ2v) is 5.94. The summed E-state index contributed by atoms with van der Waals surface area (Å²) in [5, 5.41) is 0.868. The maximum atomic E-state index is 6.17. The Morgan fingerprint density at radius 2 is 2.06 bits per heavy atom. The minimum atomic E-state index is 0.665. The molecule has 0 radical (unpaired) electrons. The summed E-state index contributed by atoms with van der Waals surface area (Å²) in [6.07, 6.45) is 1.29. The van der Waals surface area contributed by atoms with E-state index in [1.165, 1.54) is 30.8 Å². The second-order valence-electron chi connectivity index (χ2n) is 5.50. The summed E-state index contributed by atoms with van der Waals surface area (Å²) in [4.78, 5) is 4.83. The van der Waals surface area contributed by atoms with Gasteiger partial charge in [0.15, 0.2) is 0 Å². The average molecular weight is 251 g/mol. The molecule has 2 aliphatic heterocycles. The van der Waals surface area contributed by atoms with Gasteiger partial charge in [-0.15, -0.1) is 0 Å². The van der Waals surface area contributed by atoms with Crippen LogP contribution in [0.15, 0.2) is 18.2 Å². The van der Waals surface area contributed by atoms with Crippen LogP contribution in [0.5, 0.6) is 0 Å². The van der Waals surface area contributed by atoms with Crippen LogP contribution in [0.1, 0.15) is 17.9 Å². The Labute approximate surface area is 108 Å². The van der Waals surface area contributed by atoms with Gasteiger partial charge in [0.05, 0.1) is 0 Å². The molecule has 2 atom stereocenters. The molecule has 0 aromatic heterocycles. The lowest BCUT2D eigenvalue weighted by molar-refractivity contribution is 0.389. The molecule has 0 aliphatic carbocycles. The highest BCUT2D eigenvalue weighted by Gasteiger charge is 2.35. The van der Waals surface area contributed by atoms with E-state index in [0.29, 0.717) is 5.92 Å². The van der Waals surface area contributed by atoms with E-state index in [9.17, 15) is 0 Å². The summed E-state index contributed by atoms with van der Waals surface area (Å²) in [6, 6.07) is 6.36. The van der Waals surface area contributed by atoms with E-state index in [1.54, 1.807) is 0 Å². The molecule has 0 bridgehead atoms. The fourth-order valence-corrected chi connectivity index (χ4v) is 3.56. The third kappa shape index (κ3) is 1.94. The normalized spacial score (nSPS) is 28.8. The molecule has 92 valence electrons. The minimum Gasteiger partial charge on any atom is -0.374 e. The molecule has 1 aromatic rings. The number of benzene rings is 1. The molecule has 1 aromatic carbocycles. The zero-order chi connectivity index (χ0) is 12.0. The summed E-state index contributed by atoms with van der Waals surface area (Å²) in [6.45, 7) is 3.56. The van der Waals surface area contributed by atoms with Gasteiger partial charge in [0.1, 0.15) is 0 Å². The highest BCUT2D eigenvalue weighted by atomic mass is 35.5. The van der Waals surface area contributed by atoms with Crippen molar-refractivity contribution in [3.05, 3.63) is 28.8 Å². The van der Waals surface area contributed by atoms with Gasteiger partial charge in [-0.25, -0.2) is 0 Å². The first-order chi connectivity index (χ1) is 8.15. The fraction of sp³-hybridized carbons (Fsp3) is 0.571. The van der Waals surface area contributed by atoms with Crippen molar-refractivity contribution in [1.29, 1.82) is 0 Å². The quantitative estimate of drug-likeness (QED) is 0.699. The maximum absolute atomic E-state index is 6.17. The number of fused-ring (bicyclic) bond motifs is 3.